The Morgan fingerprint density at radius 2 is 1.65 bits per heavy atom. The van der Waals surface area contributed by atoms with Crippen molar-refractivity contribution in [2.24, 2.45) is 0 Å². The molecule has 0 aliphatic heterocycles. The Kier molecular flexibility index (Phi) is 5.42. The van der Waals surface area contributed by atoms with E-state index in [4.69, 9.17) is 4.74 Å². The van der Waals surface area contributed by atoms with Crippen LogP contribution in [0.5, 0.6) is 5.75 Å². The molecule has 1 heterocycles. The van der Waals surface area contributed by atoms with Gasteiger partial charge in [0.1, 0.15) is 0 Å². The number of benzene rings is 2. The number of pyridine rings is 1. The van der Waals surface area contributed by atoms with E-state index >= 15 is 0 Å². The summed E-state index contributed by atoms with van der Waals surface area (Å²) in [5.74, 6) is -1.18. The van der Waals surface area contributed by atoms with Gasteiger partial charge in [0.2, 0.25) is 0 Å². The fourth-order valence-electron chi connectivity index (χ4n) is 2.59. The fourth-order valence-corrected chi connectivity index (χ4v) is 2.59. The standard InChI is InChI=1S/C22H20FNO2/c1-3-15-6-12-21(19(23)13-15)26-22(25)18-9-7-17(8-10-18)20-11-5-16(4-2)14-24-20/h5-14H,3-4H2,1-2H3. The molecule has 0 N–H and O–H groups in total. The molecule has 0 saturated carbocycles. The molecule has 3 rings (SSSR count). The van der Waals surface area contributed by atoms with Gasteiger partial charge in [-0.3, -0.25) is 4.98 Å². The molecule has 132 valence electrons. The highest BCUT2D eigenvalue weighted by Crippen LogP contribution is 2.22. The minimum absolute atomic E-state index is 0.0619. The molecule has 0 saturated heterocycles. The minimum atomic E-state index is -0.589. The summed E-state index contributed by atoms with van der Waals surface area (Å²) in [5, 5.41) is 0. The summed E-state index contributed by atoms with van der Waals surface area (Å²) in [4.78, 5) is 16.7. The predicted octanol–water partition coefficient (Wildman–Crippen LogP) is 5.23. The summed E-state index contributed by atoms with van der Waals surface area (Å²) in [5.41, 5.74) is 4.13. The van der Waals surface area contributed by atoms with Gasteiger partial charge in [-0.05, 0) is 54.3 Å². The summed E-state index contributed by atoms with van der Waals surface area (Å²) in [7, 11) is 0. The van der Waals surface area contributed by atoms with Crippen molar-refractivity contribution in [1.82, 2.24) is 4.98 Å². The van der Waals surface area contributed by atoms with Gasteiger partial charge in [-0.2, -0.15) is 0 Å². The van der Waals surface area contributed by atoms with Crippen LogP contribution in [0.4, 0.5) is 4.39 Å². The highest BCUT2D eigenvalue weighted by atomic mass is 19.1. The maximum Gasteiger partial charge on any atom is 0.343 e. The normalized spacial score (nSPS) is 10.6. The van der Waals surface area contributed by atoms with Crippen LogP contribution >= 0.6 is 0 Å². The number of carbonyl (C=O) groups excluding carboxylic acids is 1. The van der Waals surface area contributed by atoms with Crippen LogP contribution in [0.1, 0.15) is 35.3 Å². The zero-order valence-electron chi connectivity index (χ0n) is 14.8. The van der Waals surface area contributed by atoms with Crippen molar-refractivity contribution < 1.29 is 13.9 Å². The average Bonchev–Trinajstić information content (AvgIpc) is 2.69. The Morgan fingerprint density at radius 3 is 2.23 bits per heavy atom. The average molecular weight is 349 g/mol. The predicted molar refractivity (Wildman–Crippen MR) is 99.8 cm³/mol. The van der Waals surface area contributed by atoms with Crippen LogP contribution in [0, 0.1) is 5.82 Å². The summed E-state index contributed by atoms with van der Waals surface area (Å²) < 4.78 is 19.2. The fraction of sp³-hybridized carbons (Fsp3) is 0.182. The molecule has 0 radical (unpaired) electrons. The Morgan fingerprint density at radius 1 is 0.962 bits per heavy atom. The molecule has 0 amide bonds. The van der Waals surface area contributed by atoms with E-state index in [1.165, 1.54) is 17.7 Å². The van der Waals surface area contributed by atoms with Gasteiger partial charge in [0.05, 0.1) is 11.3 Å². The van der Waals surface area contributed by atoms with Crippen LogP contribution in [-0.2, 0) is 12.8 Å². The molecule has 1 aromatic heterocycles. The van der Waals surface area contributed by atoms with Gasteiger partial charge in [-0.15, -0.1) is 0 Å². The van der Waals surface area contributed by atoms with Gasteiger partial charge < -0.3 is 4.74 Å². The third-order valence-corrected chi connectivity index (χ3v) is 4.26. The lowest BCUT2D eigenvalue weighted by Crippen LogP contribution is -2.09. The first-order chi connectivity index (χ1) is 12.6. The summed E-state index contributed by atoms with van der Waals surface area (Å²) >= 11 is 0. The van der Waals surface area contributed by atoms with E-state index in [0.29, 0.717) is 5.56 Å². The summed E-state index contributed by atoms with van der Waals surface area (Å²) in [6, 6.07) is 15.5. The molecule has 4 heteroatoms. The van der Waals surface area contributed by atoms with E-state index in [-0.39, 0.29) is 5.75 Å². The van der Waals surface area contributed by atoms with Gasteiger partial charge in [0.15, 0.2) is 11.6 Å². The molecule has 0 bridgehead atoms. The van der Waals surface area contributed by atoms with E-state index in [1.807, 2.05) is 25.3 Å². The Labute approximate surface area is 152 Å². The van der Waals surface area contributed by atoms with Crippen LogP contribution in [0.2, 0.25) is 0 Å². The van der Waals surface area contributed by atoms with Crippen molar-refractivity contribution in [2.75, 3.05) is 0 Å². The highest BCUT2D eigenvalue weighted by molar-refractivity contribution is 5.91. The Balaban J connectivity index is 1.74. The van der Waals surface area contributed by atoms with Crippen molar-refractivity contribution >= 4 is 5.97 Å². The van der Waals surface area contributed by atoms with Gasteiger partial charge in [-0.25, -0.2) is 9.18 Å². The van der Waals surface area contributed by atoms with Crippen molar-refractivity contribution in [2.45, 2.75) is 26.7 Å². The second kappa shape index (κ2) is 7.91. The van der Waals surface area contributed by atoms with Crippen molar-refractivity contribution in [3.63, 3.8) is 0 Å². The largest absolute Gasteiger partial charge is 0.420 e. The lowest BCUT2D eigenvalue weighted by Gasteiger charge is -2.07. The molecular formula is C22H20FNO2. The van der Waals surface area contributed by atoms with Gasteiger partial charge in [-0.1, -0.05) is 38.1 Å². The van der Waals surface area contributed by atoms with Crippen molar-refractivity contribution in [1.29, 1.82) is 0 Å². The van der Waals surface area contributed by atoms with Crippen LogP contribution in [0.25, 0.3) is 11.3 Å². The van der Waals surface area contributed by atoms with E-state index in [2.05, 4.69) is 11.9 Å². The minimum Gasteiger partial charge on any atom is -0.420 e. The van der Waals surface area contributed by atoms with Gasteiger partial charge in [0.25, 0.3) is 0 Å². The van der Waals surface area contributed by atoms with E-state index in [1.54, 1.807) is 30.3 Å². The quantitative estimate of drug-likeness (QED) is 0.467. The monoisotopic (exact) mass is 349 g/mol. The van der Waals surface area contributed by atoms with Gasteiger partial charge in [0, 0.05) is 11.8 Å². The zero-order chi connectivity index (χ0) is 18.5. The second-order valence-electron chi connectivity index (χ2n) is 5.99. The summed E-state index contributed by atoms with van der Waals surface area (Å²) in [6.45, 7) is 4.02. The number of nitrogens with zero attached hydrogens (tertiary/aromatic N) is 1. The lowest BCUT2D eigenvalue weighted by atomic mass is 10.1. The molecule has 2 aromatic carbocycles. The Hall–Kier alpha value is -3.01. The highest BCUT2D eigenvalue weighted by Gasteiger charge is 2.12. The van der Waals surface area contributed by atoms with Crippen LogP contribution in [0.15, 0.2) is 60.8 Å². The maximum absolute atomic E-state index is 14.0. The zero-order valence-corrected chi connectivity index (χ0v) is 14.8. The molecule has 0 aliphatic carbocycles. The van der Waals surface area contributed by atoms with Gasteiger partial charge >= 0.3 is 5.97 Å². The molecular weight excluding hydrogens is 329 g/mol. The number of ether oxygens (including phenoxy) is 1. The number of rotatable bonds is 5. The smallest absolute Gasteiger partial charge is 0.343 e. The number of esters is 1. The van der Waals surface area contributed by atoms with E-state index in [0.717, 1.165) is 29.7 Å². The molecule has 3 aromatic rings. The molecule has 0 spiro atoms. The Bertz CT molecular complexity index is 902. The van der Waals surface area contributed by atoms with Crippen LogP contribution < -0.4 is 4.74 Å². The SMILES string of the molecule is CCc1ccc(-c2ccc(C(=O)Oc3ccc(CC)cc3F)cc2)nc1. The number of aromatic nitrogens is 1. The van der Waals surface area contributed by atoms with Crippen molar-refractivity contribution in [3.05, 3.63) is 83.3 Å². The topological polar surface area (TPSA) is 39.2 Å². The van der Waals surface area contributed by atoms with Crippen LogP contribution in [-0.4, -0.2) is 11.0 Å². The number of hydrogen-bond donors (Lipinski definition) is 0. The number of hydrogen-bond acceptors (Lipinski definition) is 3. The first-order valence-electron chi connectivity index (χ1n) is 8.66. The third kappa shape index (κ3) is 3.97. The van der Waals surface area contributed by atoms with Crippen molar-refractivity contribution in [3.8, 4) is 17.0 Å². The first kappa shape index (κ1) is 17.8. The number of carbonyl (C=O) groups is 1. The van der Waals surface area contributed by atoms with E-state index in [9.17, 15) is 9.18 Å². The third-order valence-electron chi connectivity index (χ3n) is 4.26. The first-order valence-corrected chi connectivity index (χ1v) is 8.66. The molecule has 0 fully saturated rings. The van der Waals surface area contributed by atoms with Crippen LogP contribution in [0.3, 0.4) is 0 Å². The molecule has 26 heavy (non-hydrogen) atoms. The second-order valence-corrected chi connectivity index (χ2v) is 5.99. The molecule has 0 aliphatic rings. The summed E-state index contributed by atoms with van der Waals surface area (Å²) in [6.07, 6.45) is 3.51. The van der Waals surface area contributed by atoms with E-state index < -0.39 is 11.8 Å². The maximum atomic E-state index is 14.0. The number of aryl methyl sites for hydroxylation is 2. The lowest BCUT2D eigenvalue weighted by molar-refractivity contribution is 0.0728. The molecule has 0 unspecified atom stereocenters. The number of halogens is 1. The molecule has 3 nitrogen and oxygen atoms in total. The molecule has 0 atom stereocenters.